The molecule has 0 saturated carbocycles. The number of amides is 1. The first-order chi connectivity index (χ1) is 17.8. The highest BCUT2D eigenvalue weighted by molar-refractivity contribution is 14.1. The van der Waals surface area contributed by atoms with Crippen LogP contribution in [0.25, 0.3) is 0 Å². The second-order valence-electron chi connectivity index (χ2n) is 7.28. The molecule has 0 radical (unpaired) electrons. The number of carbonyl (C=O) groups excluding carboxylic acids is 1. The number of hydrazone groups is 1. The minimum atomic E-state index is -4.06. The van der Waals surface area contributed by atoms with Crippen molar-refractivity contribution in [3.8, 4) is 23.0 Å². The Kier molecular flexibility index (Phi) is 9.92. The number of ether oxygens (including phenoxy) is 3. The molecule has 3 aromatic carbocycles. The van der Waals surface area contributed by atoms with E-state index in [-0.39, 0.29) is 23.0 Å². The Hall–Kier alpha value is -3.58. The number of rotatable bonds is 12. The Morgan fingerprint density at radius 1 is 1.05 bits per heavy atom. The van der Waals surface area contributed by atoms with Crippen LogP contribution in [0.5, 0.6) is 23.0 Å². The lowest BCUT2D eigenvalue weighted by atomic mass is 10.2. The molecule has 194 valence electrons. The molecular weight excluding hydrogens is 611 g/mol. The third-order valence-electron chi connectivity index (χ3n) is 4.72. The highest BCUT2D eigenvalue weighted by Gasteiger charge is 2.22. The summed E-state index contributed by atoms with van der Waals surface area (Å²) in [6, 6.07) is 15.8. The van der Waals surface area contributed by atoms with Crippen LogP contribution in [-0.4, -0.2) is 40.9 Å². The van der Waals surface area contributed by atoms with Crippen molar-refractivity contribution >= 4 is 44.8 Å². The van der Waals surface area contributed by atoms with Gasteiger partial charge >= 0.3 is 10.1 Å². The third kappa shape index (κ3) is 7.46. The van der Waals surface area contributed by atoms with E-state index >= 15 is 0 Å². The van der Waals surface area contributed by atoms with E-state index in [1.54, 1.807) is 61.5 Å². The monoisotopic (exact) mass is 636 g/mol. The molecule has 0 spiro atoms. The number of nitrogens with one attached hydrogen (secondary N) is 1. The molecule has 0 fully saturated rings. The Morgan fingerprint density at radius 3 is 2.49 bits per heavy atom. The quantitative estimate of drug-likeness (QED) is 0.100. The molecule has 0 heterocycles. The number of carbonyl (C=O) groups is 1. The average Bonchev–Trinajstić information content (AvgIpc) is 2.90. The standard InChI is InChI=1S/C26H25IN2O7S/c1-4-13-35-22-12-11-19(16-23(22)33-3)26(30)29-28-17-18-14-21(27)25(24(15-18)34-5-2)36-37(31,32)20-9-7-6-8-10-20/h4,6-12,14-17H,1,5,13H2,2-3H3,(H,29,30)/b28-17+. The van der Waals surface area contributed by atoms with Gasteiger partial charge in [-0.3, -0.25) is 4.79 Å². The van der Waals surface area contributed by atoms with Crippen molar-refractivity contribution in [1.82, 2.24) is 5.43 Å². The summed E-state index contributed by atoms with van der Waals surface area (Å²) in [5, 5.41) is 4.01. The topological polar surface area (TPSA) is 113 Å². The Labute approximate surface area is 229 Å². The zero-order valence-corrected chi connectivity index (χ0v) is 23.1. The van der Waals surface area contributed by atoms with Crippen molar-refractivity contribution in [1.29, 1.82) is 0 Å². The minimum absolute atomic E-state index is 0.0264. The first-order valence-corrected chi connectivity index (χ1v) is 13.5. The van der Waals surface area contributed by atoms with Gasteiger partial charge in [-0.05, 0) is 77.5 Å². The molecule has 0 aliphatic heterocycles. The summed E-state index contributed by atoms with van der Waals surface area (Å²) in [6.45, 7) is 5.95. The smallest absolute Gasteiger partial charge is 0.339 e. The van der Waals surface area contributed by atoms with Crippen LogP contribution < -0.4 is 23.8 Å². The molecule has 9 nitrogen and oxygen atoms in total. The zero-order valence-electron chi connectivity index (χ0n) is 20.1. The van der Waals surface area contributed by atoms with Gasteiger partial charge in [0.2, 0.25) is 0 Å². The predicted molar refractivity (Wildman–Crippen MR) is 148 cm³/mol. The fraction of sp³-hybridized carbons (Fsp3) is 0.154. The summed E-state index contributed by atoms with van der Waals surface area (Å²) in [5.41, 5.74) is 3.33. The van der Waals surface area contributed by atoms with E-state index in [4.69, 9.17) is 18.4 Å². The number of hydrogen-bond donors (Lipinski definition) is 1. The van der Waals surface area contributed by atoms with Crippen molar-refractivity contribution < 1.29 is 31.6 Å². The van der Waals surface area contributed by atoms with Gasteiger partial charge in [-0.15, -0.1) is 0 Å². The van der Waals surface area contributed by atoms with Gasteiger partial charge in [0.15, 0.2) is 23.0 Å². The van der Waals surface area contributed by atoms with E-state index in [9.17, 15) is 13.2 Å². The Bertz CT molecular complexity index is 1390. The van der Waals surface area contributed by atoms with Crippen LogP contribution >= 0.6 is 22.6 Å². The second kappa shape index (κ2) is 13.1. The molecule has 0 saturated heterocycles. The van der Waals surface area contributed by atoms with E-state index < -0.39 is 16.0 Å². The van der Waals surface area contributed by atoms with Crippen LogP contribution in [0.3, 0.4) is 0 Å². The summed E-state index contributed by atoms with van der Waals surface area (Å²) >= 11 is 1.96. The van der Waals surface area contributed by atoms with Crippen molar-refractivity contribution in [3.05, 3.63) is 88.0 Å². The number of methoxy groups -OCH3 is 1. The maximum absolute atomic E-state index is 12.7. The van der Waals surface area contributed by atoms with Gasteiger partial charge in [0.1, 0.15) is 11.5 Å². The molecule has 1 N–H and O–H groups in total. The highest BCUT2D eigenvalue weighted by atomic mass is 127. The zero-order chi connectivity index (χ0) is 26.8. The van der Waals surface area contributed by atoms with E-state index in [1.807, 2.05) is 22.6 Å². The van der Waals surface area contributed by atoms with Crippen LogP contribution in [0.2, 0.25) is 0 Å². The van der Waals surface area contributed by atoms with Gasteiger partial charge in [0, 0.05) is 5.56 Å². The third-order valence-corrected chi connectivity index (χ3v) is 6.76. The molecule has 3 rings (SSSR count). The molecule has 1 amide bonds. The van der Waals surface area contributed by atoms with Crippen LogP contribution in [0.1, 0.15) is 22.8 Å². The molecule has 0 aliphatic carbocycles. The van der Waals surface area contributed by atoms with Crippen molar-refractivity contribution in [2.24, 2.45) is 5.10 Å². The molecular formula is C26H25IN2O7S. The van der Waals surface area contributed by atoms with Gasteiger partial charge in [0.25, 0.3) is 5.91 Å². The molecule has 0 aromatic heterocycles. The van der Waals surface area contributed by atoms with E-state index in [1.165, 1.54) is 25.5 Å². The average molecular weight is 636 g/mol. The van der Waals surface area contributed by atoms with E-state index in [0.29, 0.717) is 32.8 Å². The number of halogens is 1. The van der Waals surface area contributed by atoms with Crippen LogP contribution in [0.15, 0.2) is 83.3 Å². The molecule has 11 heteroatoms. The molecule has 3 aromatic rings. The van der Waals surface area contributed by atoms with Gasteiger partial charge in [-0.1, -0.05) is 30.9 Å². The first kappa shape index (κ1) is 28.0. The highest BCUT2D eigenvalue weighted by Crippen LogP contribution is 2.36. The predicted octanol–water partition coefficient (Wildman–Crippen LogP) is 4.79. The summed E-state index contributed by atoms with van der Waals surface area (Å²) in [6.07, 6.45) is 3.02. The molecule has 0 aliphatic rings. The first-order valence-electron chi connectivity index (χ1n) is 11.0. The fourth-order valence-electron chi connectivity index (χ4n) is 3.06. The number of hydrogen-bond acceptors (Lipinski definition) is 8. The van der Waals surface area contributed by atoms with Gasteiger partial charge in [-0.2, -0.15) is 13.5 Å². The maximum Gasteiger partial charge on any atom is 0.339 e. The van der Waals surface area contributed by atoms with Gasteiger partial charge < -0.3 is 18.4 Å². The van der Waals surface area contributed by atoms with Gasteiger partial charge in [-0.25, -0.2) is 5.43 Å². The Balaban J connectivity index is 1.77. The lowest BCUT2D eigenvalue weighted by molar-refractivity contribution is 0.0954. The summed E-state index contributed by atoms with van der Waals surface area (Å²) in [5.74, 6) is 0.714. The maximum atomic E-state index is 12.7. The van der Waals surface area contributed by atoms with E-state index in [2.05, 4.69) is 17.1 Å². The van der Waals surface area contributed by atoms with Crippen molar-refractivity contribution in [3.63, 3.8) is 0 Å². The summed E-state index contributed by atoms with van der Waals surface area (Å²) < 4.78 is 47.7. The second-order valence-corrected chi connectivity index (χ2v) is 9.99. The van der Waals surface area contributed by atoms with Crippen LogP contribution in [-0.2, 0) is 10.1 Å². The molecule has 0 unspecified atom stereocenters. The SMILES string of the molecule is C=CCOc1ccc(C(=O)N/N=C/c2cc(I)c(OS(=O)(=O)c3ccccc3)c(OCC)c2)cc1OC. The largest absolute Gasteiger partial charge is 0.493 e. The van der Waals surface area contributed by atoms with E-state index in [0.717, 1.165) is 0 Å². The van der Waals surface area contributed by atoms with Crippen molar-refractivity contribution in [2.75, 3.05) is 20.3 Å². The van der Waals surface area contributed by atoms with Crippen LogP contribution in [0.4, 0.5) is 0 Å². The number of nitrogens with zero attached hydrogens (tertiary/aromatic N) is 1. The lowest BCUT2D eigenvalue weighted by Gasteiger charge is -2.14. The summed E-state index contributed by atoms with van der Waals surface area (Å²) in [4.78, 5) is 12.6. The van der Waals surface area contributed by atoms with Gasteiger partial charge in [0.05, 0.1) is 23.5 Å². The normalized spacial score (nSPS) is 11.1. The fourth-order valence-corrected chi connectivity index (χ4v) is 4.92. The Morgan fingerprint density at radius 2 is 1.81 bits per heavy atom. The molecule has 0 bridgehead atoms. The molecule has 0 atom stereocenters. The number of benzene rings is 3. The summed E-state index contributed by atoms with van der Waals surface area (Å²) in [7, 11) is -2.58. The lowest BCUT2D eigenvalue weighted by Crippen LogP contribution is -2.17. The molecule has 37 heavy (non-hydrogen) atoms. The van der Waals surface area contributed by atoms with Crippen molar-refractivity contribution in [2.45, 2.75) is 11.8 Å². The van der Waals surface area contributed by atoms with Crippen LogP contribution in [0, 0.1) is 3.57 Å². The minimum Gasteiger partial charge on any atom is -0.493 e.